The van der Waals surface area contributed by atoms with E-state index < -0.39 is 36.5 Å². The summed E-state index contributed by atoms with van der Waals surface area (Å²) in [6.07, 6.45) is -1.01. The van der Waals surface area contributed by atoms with Gasteiger partial charge in [-0.1, -0.05) is 38.5 Å². The lowest BCUT2D eigenvalue weighted by Crippen LogP contribution is -2.67. The maximum atomic E-state index is 12.6. The molecule has 28 heavy (non-hydrogen) atoms. The molecule has 1 aliphatic rings. The Kier molecular flexibility index (Phi) is 6.50. The van der Waals surface area contributed by atoms with Crippen LogP contribution in [0.2, 0.25) is 18.1 Å². The molecular weight excluding hydrogens is 394 g/mol. The van der Waals surface area contributed by atoms with Crippen molar-refractivity contribution >= 4 is 24.3 Å². The molecule has 1 N–H and O–H groups in total. The van der Waals surface area contributed by atoms with Gasteiger partial charge in [0.2, 0.25) is 5.91 Å². The molecule has 1 aliphatic heterocycles. The van der Waals surface area contributed by atoms with E-state index in [1.807, 2.05) is 13.8 Å². The molecular formula is C20H33NO5SSi. The summed E-state index contributed by atoms with van der Waals surface area (Å²) in [4.78, 5) is 12.3. The molecule has 4 atom stereocenters. The monoisotopic (exact) mass is 427 g/mol. The Morgan fingerprint density at radius 2 is 1.61 bits per heavy atom. The van der Waals surface area contributed by atoms with Gasteiger partial charge in [0.05, 0.1) is 29.1 Å². The number of aryl methyl sites for hydroxylation is 1. The normalized spacial score (nSPS) is 22.9. The van der Waals surface area contributed by atoms with E-state index in [2.05, 4.69) is 39.2 Å². The van der Waals surface area contributed by atoms with Gasteiger partial charge >= 0.3 is 0 Å². The molecule has 1 amide bonds. The van der Waals surface area contributed by atoms with E-state index in [0.29, 0.717) is 0 Å². The van der Waals surface area contributed by atoms with Crippen LogP contribution in [0.5, 0.6) is 0 Å². The minimum absolute atomic E-state index is 0.0217. The van der Waals surface area contributed by atoms with Crippen molar-refractivity contribution in [3.05, 3.63) is 29.8 Å². The fraction of sp³-hybridized carbons (Fsp3) is 0.650. The Bertz CT molecular complexity index is 814. The number of hydrogen-bond acceptors (Lipinski definition) is 5. The zero-order valence-corrected chi connectivity index (χ0v) is 19.9. The van der Waals surface area contributed by atoms with Gasteiger partial charge in [0.1, 0.15) is 0 Å². The molecule has 0 aromatic heterocycles. The van der Waals surface area contributed by atoms with E-state index in [1.165, 1.54) is 12.1 Å². The number of β-lactam (4-membered cyclic amide) rings is 1. The summed E-state index contributed by atoms with van der Waals surface area (Å²) in [7, 11) is -5.96. The molecule has 1 aromatic rings. The van der Waals surface area contributed by atoms with Gasteiger partial charge in [0, 0.05) is 0 Å². The molecule has 0 unspecified atom stereocenters. The van der Waals surface area contributed by atoms with Crippen LogP contribution in [0.1, 0.15) is 40.2 Å². The van der Waals surface area contributed by atoms with E-state index >= 15 is 0 Å². The summed E-state index contributed by atoms with van der Waals surface area (Å²) >= 11 is 0. The third-order valence-electron chi connectivity index (χ3n) is 5.88. The second-order valence-corrected chi connectivity index (χ2v) is 15.5. The summed E-state index contributed by atoms with van der Waals surface area (Å²) in [5.74, 6) is -0.559. The Hall–Kier alpha value is -1.22. The lowest BCUT2D eigenvalue weighted by atomic mass is 9.83. The number of benzene rings is 1. The Balaban J connectivity index is 2.10. The molecule has 0 spiro atoms. The molecule has 1 saturated heterocycles. The largest absolute Gasteiger partial charge is 0.413 e. The van der Waals surface area contributed by atoms with Crippen LogP contribution < -0.4 is 5.32 Å². The van der Waals surface area contributed by atoms with Gasteiger partial charge in [0.15, 0.2) is 8.32 Å². The number of rotatable bonds is 7. The third kappa shape index (κ3) is 4.84. The molecule has 8 heteroatoms. The standard InChI is InChI=1S/C20H33NO5SSi/c1-13-9-11-16(12-10-13)27(23,24)25-15(3)18-17(19(22)21-18)14(2)26-28(7,8)20(4,5)6/h9-12,14-15,17-18H,1-8H3,(H,21,22)/t14-,15+,17-,18-/m1/s1. The topological polar surface area (TPSA) is 81.7 Å². The maximum absolute atomic E-state index is 12.6. The first-order valence-corrected chi connectivity index (χ1v) is 14.0. The van der Waals surface area contributed by atoms with Crippen molar-refractivity contribution in [2.45, 2.75) is 82.8 Å². The Morgan fingerprint density at radius 3 is 2.07 bits per heavy atom. The van der Waals surface area contributed by atoms with Crippen molar-refractivity contribution in [2.75, 3.05) is 0 Å². The molecule has 158 valence electrons. The van der Waals surface area contributed by atoms with Gasteiger partial charge in [-0.25, -0.2) is 0 Å². The van der Waals surface area contributed by atoms with Crippen molar-refractivity contribution in [3.63, 3.8) is 0 Å². The van der Waals surface area contributed by atoms with E-state index in [0.717, 1.165) is 5.56 Å². The van der Waals surface area contributed by atoms with Gasteiger partial charge in [-0.3, -0.25) is 8.98 Å². The number of carbonyl (C=O) groups excluding carboxylic acids is 1. The van der Waals surface area contributed by atoms with Crippen LogP contribution in [-0.2, 0) is 23.5 Å². The SMILES string of the molecule is Cc1ccc(S(=O)(=O)O[C@@H](C)[C@H]2NC(=O)[C@@H]2[C@@H](C)O[Si](C)(C)C(C)(C)C)cc1. The van der Waals surface area contributed by atoms with Crippen LogP contribution in [0.3, 0.4) is 0 Å². The zero-order chi connectivity index (χ0) is 21.5. The first-order chi connectivity index (χ1) is 12.7. The summed E-state index contributed by atoms with van der Waals surface area (Å²) in [6, 6.07) is 6.09. The van der Waals surface area contributed by atoms with E-state index in [1.54, 1.807) is 19.1 Å². The van der Waals surface area contributed by atoms with E-state index in [-0.39, 0.29) is 21.9 Å². The Morgan fingerprint density at radius 1 is 1.07 bits per heavy atom. The van der Waals surface area contributed by atoms with Crippen LogP contribution in [0.25, 0.3) is 0 Å². The van der Waals surface area contributed by atoms with Crippen LogP contribution in [-0.4, -0.2) is 40.9 Å². The van der Waals surface area contributed by atoms with Crippen molar-refractivity contribution < 1.29 is 21.8 Å². The predicted molar refractivity (Wildman–Crippen MR) is 112 cm³/mol. The first-order valence-electron chi connectivity index (χ1n) is 9.64. The number of nitrogens with one attached hydrogen (secondary N) is 1. The molecule has 0 aliphatic carbocycles. The van der Waals surface area contributed by atoms with Crippen LogP contribution in [0, 0.1) is 12.8 Å². The first kappa shape index (κ1) is 23.1. The van der Waals surface area contributed by atoms with Crippen molar-refractivity contribution in [1.82, 2.24) is 5.32 Å². The van der Waals surface area contributed by atoms with Gasteiger partial charge in [-0.2, -0.15) is 8.42 Å². The average Bonchev–Trinajstić information content (AvgIpc) is 2.50. The molecule has 1 heterocycles. The number of carbonyl (C=O) groups is 1. The molecule has 1 aromatic carbocycles. The lowest BCUT2D eigenvalue weighted by Gasteiger charge is -2.46. The van der Waals surface area contributed by atoms with Gasteiger partial charge in [0.25, 0.3) is 10.1 Å². The third-order valence-corrected chi connectivity index (χ3v) is 11.9. The summed E-state index contributed by atoms with van der Waals surface area (Å²) in [5, 5.41) is 2.81. The van der Waals surface area contributed by atoms with Gasteiger partial charge in [-0.05, 0) is 51.0 Å². The average molecular weight is 428 g/mol. The fourth-order valence-electron chi connectivity index (χ4n) is 3.07. The maximum Gasteiger partial charge on any atom is 0.297 e. The van der Waals surface area contributed by atoms with Crippen LogP contribution in [0.4, 0.5) is 0 Å². The van der Waals surface area contributed by atoms with Crippen molar-refractivity contribution in [2.24, 2.45) is 5.92 Å². The number of hydrogen-bond donors (Lipinski definition) is 1. The predicted octanol–water partition coefficient (Wildman–Crippen LogP) is 3.61. The van der Waals surface area contributed by atoms with Gasteiger partial charge in [-0.15, -0.1) is 0 Å². The zero-order valence-electron chi connectivity index (χ0n) is 18.1. The second-order valence-electron chi connectivity index (χ2n) is 9.21. The summed E-state index contributed by atoms with van der Waals surface area (Å²) < 4.78 is 36.9. The Labute approximate surface area is 170 Å². The van der Waals surface area contributed by atoms with Gasteiger partial charge < -0.3 is 9.74 Å². The fourth-order valence-corrected chi connectivity index (χ4v) is 5.60. The second kappa shape index (κ2) is 7.89. The molecule has 1 fully saturated rings. The van der Waals surface area contributed by atoms with E-state index in [4.69, 9.17) is 8.61 Å². The van der Waals surface area contributed by atoms with Crippen molar-refractivity contribution in [1.29, 1.82) is 0 Å². The molecule has 6 nitrogen and oxygen atoms in total. The smallest absolute Gasteiger partial charge is 0.297 e. The molecule has 0 bridgehead atoms. The highest BCUT2D eigenvalue weighted by atomic mass is 32.2. The lowest BCUT2D eigenvalue weighted by molar-refractivity contribution is -0.143. The summed E-state index contributed by atoms with van der Waals surface area (Å²) in [6.45, 7) is 16.1. The molecule has 2 rings (SSSR count). The highest BCUT2D eigenvalue weighted by Crippen LogP contribution is 2.39. The highest BCUT2D eigenvalue weighted by Gasteiger charge is 2.50. The van der Waals surface area contributed by atoms with Crippen LogP contribution in [0.15, 0.2) is 29.2 Å². The summed E-state index contributed by atoms with van der Waals surface area (Å²) in [5.41, 5.74) is 0.968. The number of amides is 1. The van der Waals surface area contributed by atoms with Crippen LogP contribution >= 0.6 is 0 Å². The minimum atomic E-state index is -3.91. The van der Waals surface area contributed by atoms with E-state index in [9.17, 15) is 13.2 Å². The highest BCUT2D eigenvalue weighted by molar-refractivity contribution is 7.86. The molecule has 0 saturated carbocycles. The molecule has 0 radical (unpaired) electrons. The minimum Gasteiger partial charge on any atom is -0.413 e. The quantitative estimate of drug-likeness (QED) is 0.408. The van der Waals surface area contributed by atoms with Crippen molar-refractivity contribution in [3.8, 4) is 0 Å².